The molecule has 17 heavy (non-hydrogen) atoms. The van der Waals surface area contributed by atoms with Gasteiger partial charge in [0.05, 0.1) is 13.2 Å². The zero-order valence-corrected chi connectivity index (χ0v) is 11.8. The molecule has 0 aliphatic rings. The van der Waals surface area contributed by atoms with Crippen molar-refractivity contribution in [3.8, 4) is 5.75 Å². The van der Waals surface area contributed by atoms with Gasteiger partial charge in [-0.05, 0) is 24.1 Å². The molecule has 0 heterocycles. The van der Waals surface area contributed by atoms with Gasteiger partial charge in [0.2, 0.25) is 0 Å². The van der Waals surface area contributed by atoms with Crippen LogP contribution in [0.2, 0.25) is 0 Å². The number of halogens is 2. The first kappa shape index (κ1) is 18.9. The van der Waals surface area contributed by atoms with E-state index in [1.165, 1.54) is 0 Å². The predicted octanol–water partition coefficient (Wildman–Crippen LogP) is 2.40. The summed E-state index contributed by atoms with van der Waals surface area (Å²) in [5, 5.41) is 12.5. The molecule has 1 aromatic rings. The summed E-state index contributed by atoms with van der Waals surface area (Å²) in [7, 11) is 1.66. The highest BCUT2D eigenvalue weighted by Gasteiger charge is 2.00. The minimum absolute atomic E-state index is 0. The molecule has 0 spiro atoms. The molecule has 3 nitrogen and oxygen atoms in total. The van der Waals surface area contributed by atoms with E-state index in [1.54, 1.807) is 7.11 Å². The van der Waals surface area contributed by atoms with Crippen LogP contribution >= 0.6 is 24.8 Å². The summed E-state index contributed by atoms with van der Waals surface area (Å²) < 4.78 is 5.13. The summed E-state index contributed by atoms with van der Waals surface area (Å²) >= 11 is 0. The van der Waals surface area contributed by atoms with Crippen LogP contribution in [-0.2, 0) is 6.54 Å². The van der Waals surface area contributed by atoms with Gasteiger partial charge in [0.1, 0.15) is 5.75 Å². The second kappa shape index (κ2) is 10.7. The Labute approximate surface area is 115 Å². The van der Waals surface area contributed by atoms with Crippen LogP contribution in [0.15, 0.2) is 24.3 Å². The van der Waals surface area contributed by atoms with Crippen LogP contribution in [0, 0.1) is 0 Å². The van der Waals surface area contributed by atoms with E-state index in [9.17, 15) is 5.11 Å². The van der Waals surface area contributed by atoms with Gasteiger partial charge in [0, 0.05) is 13.1 Å². The minimum Gasteiger partial charge on any atom is -0.497 e. The number of aliphatic hydroxyl groups excluding tert-OH is 1. The summed E-state index contributed by atoms with van der Waals surface area (Å²) in [5.74, 6) is 0.866. The lowest BCUT2D eigenvalue weighted by Gasteiger charge is -2.09. The summed E-state index contributed by atoms with van der Waals surface area (Å²) in [6.07, 6.45) is 0.529. The Hall–Kier alpha value is -0.480. The molecule has 0 amide bonds. The Morgan fingerprint density at radius 3 is 2.65 bits per heavy atom. The van der Waals surface area contributed by atoms with Crippen molar-refractivity contribution in [2.45, 2.75) is 26.0 Å². The van der Waals surface area contributed by atoms with Crippen molar-refractivity contribution in [2.75, 3.05) is 13.7 Å². The topological polar surface area (TPSA) is 41.5 Å². The average Bonchev–Trinajstić information content (AvgIpc) is 2.29. The molecule has 100 valence electrons. The molecule has 0 aliphatic heterocycles. The second-order valence-corrected chi connectivity index (χ2v) is 3.54. The van der Waals surface area contributed by atoms with E-state index in [-0.39, 0.29) is 30.9 Å². The molecule has 2 N–H and O–H groups in total. The highest BCUT2D eigenvalue weighted by Crippen LogP contribution is 2.11. The summed E-state index contributed by atoms with van der Waals surface area (Å²) in [4.78, 5) is 0. The van der Waals surface area contributed by atoms with Crippen LogP contribution in [-0.4, -0.2) is 24.9 Å². The Bertz CT molecular complexity index is 298. The zero-order chi connectivity index (χ0) is 11.1. The number of hydrogen-bond donors (Lipinski definition) is 2. The molecular weight excluding hydrogens is 261 g/mol. The van der Waals surface area contributed by atoms with Crippen LogP contribution in [0.25, 0.3) is 0 Å². The molecular formula is C12H21Cl2NO2. The Morgan fingerprint density at radius 1 is 1.35 bits per heavy atom. The van der Waals surface area contributed by atoms with Crippen molar-refractivity contribution in [2.24, 2.45) is 0 Å². The van der Waals surface area contributed by atoms with Gasteiger partial charge in [-0.1, -0.05) is 19.1 Å². The number of rotatable bonds is 6. The predicted molar refractivity (Wildman–Crippen MR) is 75.5 cm³/mol. The summed E-state index contributed by atoms with van der Waals surface area (Å²) in [5.41, 5.74) is 1.16. The van der Waals surface area contributed by atoms with Gasteiger partial charge in [-0.3, -0.25) is 0 Å². The van der Waals surface area contributed by atoms with Crippen molar-refractivity contribution in [1.82, 2.24) is 5.32 Å². The maximum Gasteiger partial charge on any atom is 0.119 e. The lowest BCUT2D eigenvalue weighted by Crippen LogP contribution is -2.25. The number of aliphatic hydroxyl groups is 1. The van der Waals surface area contributed by atoms with Crippen LogP contribution < -0.4 is 10.1 Å². The Morgan fingerprint density at radius 2 is 2.06 bits per heavy atom. The number of benzene rings is 1. The Kier molecular flexibility index (Phi) is 11.8. The van der Waals surface area contributed by atoms with Gasteiger partial charge in [-0.2, -0.15) is 0 Å². The largest absolute Gasteiger partial charge is 0.497 e. The molecule has 0 saturated carbocycles. The first-order valence-electron chi connectivity index (χ1n) is 5.28. The van der Waals surface area contributed by atoms with Gasteiger partial charge < -0.3 is 15.2 Å². The fourth-order valence-electron chi connectivity index (χ4n) is 1.31. The van der Waals surface area contributed by atoms with Gasteiger partial charge in [-0.15, -0.1) is 24.8 Å². The molecule has 1 unspecified atom stereocenters. The van der Waals surface area contributed by atoms with Gasteiger partial charge in [0.15, 0.2) is 0 Å². The van der Waals surface area contributed by atoms with Gasteiger partial charge in [-0.25, -0.2) is 0 Å². The molecule has 5 heteroatoms. The smallest absolute Gasteiger partial charge is 0.119 e. The molecule has 0 bridgehead atoms. The molecule has 0 aromatic heterocycles. The summed E-state index contributed by atoms with van der Waals surface area (Å²) in [6, 6.07) is 7.91. The summed E-state index contributed by atoms with van der Waals surface area (Å²) in [6.45, 7) is 3.36. The van der Waals surface area contributed by atoms with Crippen LogP contribution in [0.1, 0.15) is 18.9 Å². The van der Waals surface area contributed by atoms with E-state index in [0.717, 1.165) is 24.3 Å². The van der Waals surface area contributed by atoms with Crippen LogP contribution in [0.3, 0.4) is 0 Å². The van der Waals surface area contributed by atoms with E-state index >= 15 is 0 Å². The van der Waals surface area contributed by atoms with Crippen molar-refractivity contribution in [1.29, 1.82) is 0 Å². The second-order valence-electron chi connectivity index (χ2n) is 3.54. The Balaban J connectivity index is 0. The fraction of sp³-hybridized carbons (Fsp3) is 0.500. The van der Waals surface area contributed by atoms with Crippen molar-refractivity contribution >= 4 is 24.8 Å². The van der Waals surface area contributed by atoms with E-state index in [4.69, 9.17) is 4.74 Å². The monoisotopic (exact) mass is 281 g/mol. The first-order chi connectivity index (χ1) is 7.26. The zero-order valence-electron chi connectivity index (χ0n) is 10.2. The SMILES string of the molecule is CCC(O)CNCc1cccc(OC)c1.Cl.Cl. The van der Waals surface area contributed by atoms with Crippen LogP contribution in [0.4, 0.5) is 0 Å². The lowest BCUT2D eigenvalue weighted by molar-refractivity contribution is 0.167. The third kappa shape index (κ3) is 7.45. The van der Waals surface area contributed by atoms with E-state index in [1.807, 2.05) is 31.2 Å². The molecule has 0 saturated heterocycles. The quantitative estimate of drug-likeness (QED) is 0.842. The molecule has 1 aromatic carbocycles. The van der Waals surface area contributed by atoms with Crippen LogP contribution in [0.5, 0.6) is 5.75 Å². The number of nitrogens with one attached hydrogen (secondary N) is 1. The number of ether oxygens (including phenoxy) is 1. The maximum atomic E-state index is 9.35. The van der Waals surface area contributed by atoms with Crippen molar-refractivity contribution in [3.05, 3.63) is 29.8 Å². The highest BCUT2D eigenvalue weighted by atomic mass is 35.5. The third-order valence-electron chi connectivity index (χ3n) is 2.31. The third-order valence-corrected chi connectivity index (χ3v) is 2.31. The van der Waals surface area contributed by atoms with E-state index in [2.05, 4.69) is 5.32 Å². The molecule has 1 rings (SSSR count). The van der Waals surface area contributed by atoms with Gasteiger partial charge >= 0.3 is 0 Å². The fourth-order valence-corrected chi connectivity index (χ4v) is 1.31. The lowest BCUT2D eigenvalue weighted by atomic mass is 10.2. The molecule has 0 aliphatic carbocycles. The standard InChI is InChI=1S/C12H19NO2.2ClH/c1-3-11(14)9-13-8-10-5-4-6-12(7-10)15-2;;/h4-7,11,13-14H,3,8-9H2,1-2H3;2*1H. The maximum absolute atomic E-state index is 9.35. The number of hydrogen-bond acceptors (Lipinski definition) is 3. The van der Waals surface area contributed by atoms with E-state index < -0.39 is 0 Å². The first-order valence-corrected chi connectivity index (χ1v) is 5.28. The van der Waals surface area contributed by atoms with Crippen molar-refractivity contribution in [3.63, 3.8) is 0 Å². The minimum atomic E-state index is -0.254. The molecule has 0 radical (unpaired) electrons. The van der Waals surface area contributed by atoms with Crippen molar-refractivity contribution < 1.29 is 9.84 Å². The molecule has 1 atom stereocenters. The molecule has 0 fully saturated rings. The average molecular weight is 282 g/mol. The highest BCUT2D eigenvalue weighted by molar-refractivity contribution is 5.85. The normalized spacial score (nSPS) is 11.0. The van der Waals surface area contributed by atoms with Gasteiger partial charge in [0.25, 0.3) is 0 Å². The van der Waals surface area contributed by atoms with E-state index in [0.29, 0.717) is 6.54 Å². The number of methoxy groups -OCH3 is 1.